The van der Waals surface area contributed by atoms with E-state index in [-0.39, 0.29) is 36.3 Å². The van der Waals surface area contributed by atoms with Crippen LogP contribution in [0.3, 0.4) is 0 Å². The average Bonchev–Trinajstić information content (AvgIpc) is 2.91. The molecule has 0 saturated heterocycles. The van der Waals surface area contributed by atoms with Gasteiger partial charge in [0.15, 0.2) is 17.2 Å². The van der Waals surface area contributed by atoms with Crippen LogP contribution >= 0.6 is 0 Å². The number of nitrogens with one attached hydrogen (secondary N) is 2. The molecule has 0 aliphatic heterocycles. The van der Waals surface area contributed by atoms with Crippen molar-refractivity contribution in [2.45, 2.75) is 38.0 Å². The van der Waals surface area contributed by atoms with Crippen LogP contribution in [-0.2, 0) is 22.6 Å². The van der Waals surface area contributed by atoms with Crippen molar-refractivity contribution in [2.75, 3.05) is 33.0 Å². The van der Waals surface area contributed by atoms with Crippen molar-refractivity contribution in [3.63, 3.8) is 0 Å². The van der Waals surface area contributed by atoms with Crippen molar-refractivity contribution in [3.05, 3.63) is 76.0 Å². The molecule has 11 heteroatoms. The summed E-state index contributed by atoms with van der Waals surface area (Å²) in [5.74, 6) is -5.38. The highest BCUT2D eigenvalue weighted by Crippen LogP contribution is 2.57. The number of nitrogens with zero attached hydrogens (tertiary/aromatic N) is 2. The summed E-state index contributed by atoms with van der Waals surface area (Å²) < 4.78 is 0. The standard InChI is InChI=1S/C30H34N4O7/c1-15(35)21-26(38)24(34(3)4)19-11-29(14-33-17-6-5-9-32-13-17)10-18-16(12-31-2)7-8-20(36)22(18)25(37)23(29)28(40)30(19,41)27(21)39/h5-9,13,19,24,31,33,36,38,40-41H,10-12,14H2,1-4H3/t19-,24-,29-,30+/m0/s1. The zero-order valence-electron chi connectivity index (χ0n) is 23.4. The number of ketones is 3. The molecule has 4 atom stereocenters. The second-order valence-corrected chi connectivity index (χ2v) is 11.4. The number of aliphatic hydroxyl groups excluding tert-OH is 2. The third-order valence-corrected chi connectivity index (χ3v) is 8.69. The third-order valence-electron chi connectivity index (χ3n) is 8.69. The molecule has 1 heterocycles. The smallest absolute Gasteiger partial charge is 0.209 e. The Bertz CT molecular complexity index is 1520. The molecule has 0 saturated carbocycles. The Morgan fingerprint density at radius 1 is 1.17 bits per heavy atom. The van der Waals surface area contributed by atoms with Gasteiger partial charge < -0.3 is 31.1 Å². The number of rotatable bonds is 7. The highest BCUT2D eigenvalue weighted by molar-refractivity contribution is 6.25. The van der Waals surface area contributed by atoms with Crippen molar-refractivity contribution in [1.29, 1.82) is 0 Å². The summed E-state index contributed by atoms with van der Waals surface area (Å²) in [5.41, 5.74) is -2.63. The largest absolute Gasteiger partial charge is 0.510 e. The first-order valence-electron chi connectivity index (χ1n) is 13.4. The summed E-state index contributed by atoms with van der Waals surface area (Å²) in [6.07, 6.45) is 3.39. The fourth-order valence-corrected chi connectivity index (χ4v) is 6.92. The number of phenolic OH excluding ortho intramolecular Hbond substituents is 1. The SMILES string of the molecule is CNCc1ccc(O)c2c1C[C@@]1(CNc3cccnc3)C[C@H]3[C@H](N(C)C)C(O)=C(C(C)=O)C(=O)[C@@]3(O)C(O)=C1C2=O. The highest BCUT2D eigenvalue weighted by atomic mass is 16.3. The number of pyridine rings is 1. The van der Waals surface area contributed by atoms with Crippen LogP contribution < -0.4 is 10.6 Å². The zero-order valence-corrected chi connectivity index (χ0v) is 23.4. The predicted molar refractivity (Wildman–Crippen MR) is 150 cm³/mol. The van der Waals surface area contributed by atoms with E-state index in [4.69, 9.17) is 0 Å². The van der Waals surface area contributed by atoms with Gasteiger partial charge in [-0.3, -0.25) is 24.3 Å². The Morgan fingerprint density at radius 3 is 2.51 bits per heavy atom. The van der Waals surface area contributed by atoms with E-state index in [1.807, 2.05) is 0 Å². The first-order chi connectivity index (χ1) is 19.4. The molecule has 11 nitrogen and oxygen atoms in total. The Kier molecular flexibility index (Phi) is 7.01. The van der Waals surface area contributed by atoms with Crippen LogP contribution in [0, 0.1) is 11.3 Å². The summed E-state index contributed by atoms with van der Waals surface area (Å²) in [7, 11) is 5.03. The molecule has 3 aliphatic rings. The number of aromatic nitrogens is 1. The minimum Gasteiger partial charge on any atom is -0.510 e. The van der Waals surface area contributed by atoms with Gasteiger partial charge in [-0.1, -0.05) is 6.07 Å². The Hall–Kier alpha value is -4.06. The lowest BCUT2D eigenvalue weighted by atomic mass is 9.52. The summed E-state index contributed by atoms with van der Waals surface area (Å²) in [6.45, 7) is 1.60. The van der Waals surface area contributed by atoms with Crippen molar-refractivity contribution < 1.29 is 34.8 Å². The number of carbonyl (C=O) groups is 3. The number of hydrogen-bond acceptors (Lipinski definition) is 11. The number of aliphatic hydroxyl groups is 3. The number of carbonyl (C=O) groups excluding carboxylic acids is 3. The number of Topliss-reactive ketones (excluding diaryl/α,β-unsaturated/α-hetero) is 3. The number of aromatic hydroxyl groups is 1. The fraction of sp³-hybridized carbons (Fsp3) is 0.400. The summed E-state index contributed by atoms with van der Waals surface area (Å²) >= 11 is 0. The van der Waals surface area contributed by atoms with Crippen molar-refractivity contribution in [2.24, 2.45) is 11.3 Å². The molecule has 0 amide bonds. The van der Waals surface area contributed by atoms with E-state index in [0.29, 0.717) is 17.8 Å². The van der Waals surface area contributed by atoms with Gasteiger partial charge in [0.2, 0.25) is 5.78 Å². The number of phenols is 1. The van der Waals surface area contributed by atoms with Crippen molar-refractivity contribution in [1.82, 2.24) is 15.2 Å². The molecule has 5 rings (SSSR count). The number of likely N-dealkylation sites (N-methyl/N-ethyl adjacent to an activating group) is 1. The van der Waals surface area contributed by atoms with Gasteiger partial charge in [-0.15, -0.1) is 0 Å². The monoisotopic (exact) mass is 562 g/mol. The van der Waals surface area contributed by atoms with E-state index in [1.165, 1.54) is 6.07 Å². The maximum absolute atomic E-state index is 14.3. The molecule has 2 aromatic rings. The summed E-state index contributed by atoms with van der Waals surface area (Å²) in [4.78, 5) is 46.2. The van der Waals surface area contributed by atoms with E-state index < -0.39 is 57.4 Å². The number of anilines is 1. The first kappa shape index (κ1) is 28.5. The minimum atomic E-state index is -2.65. The lowest BCUT2D eigenvalue weighted by Crippen LogP contribution is -2.65. The lowest BCUT2D eigenvalue weighted by Gasteiger charge is -2.54. The maximum atomic E-state index is 14.3. The van der Waals surface area contributed by atoms with Crippen LogP contribution in [0.1, 0.15) is 34.8 Å². The third kappa shape index (κ3) is 4.14. The molecule has 41 heavy (non-hydrogen) atoms. The van der Waals surface area contributed by atoms with Crippen LogP contribution in [0.15, 0.2) is 59.3 Å². The van der Waals surface area contributed by atoms with Crippen LogP contribution in [0.4, 0.5) is 5.69 Å². The van der Waals surface area contributed by atoms with Gasteiger partial charge >= 0.3 is 0 Å². The molecular formula is C30H34N4O7. The molecule has 0 bridgehead atoms. The quantitative estimate of drug-likeness (QED) is 0.272. The first-order valence-corrected chi connectivity index (χ1v) is 13.4. The molecule has 216 valence electrons. The maximum Gasteiger partial charge on any atom is 0.209 e. The predicted octanol–water partition coefficient (Wildman–Crippen LogP) is 1.82. The van der Waals surface area contributed by atoms with Gasteiger partial charge in [-0.25, -0.2) is 0 Å². The van der Waals surface area contributed by atoms with E-state index in [2.05, 4.69) is 15.6 Å². The van der Waals surface area contributed by atoms with Gasteiger partial charge in [-0.2, -0.15) is 0 Å². The Balaban J connectivity index is 1.79. The van der Waals surface area contributed by atoms with Gasteiger partial charge in [0.1, 0.15) is 22.8 Å². The minimum absolute atomic E-state index is 0.00375. The topological polar surface area (TPSA) is 172 Å². The van der Waals surface area contributed by atoms with Crippen LogP contribution in [-0.4, -0.2) is 87.0 Å². The van der Waals surface area contributed by atoms with Gasteiger partial charge in [0, 0.05) is 42.4 Å². The number of benzene rings is 1. The van der Waals surface area contributed by atoms with Crippen LogP contribution in [0.25, 0.3) is 0 Å². The van der Waals surface area contributed by atoms with E-state index >= 15 is 0 Å². The Morgan fingerprint density at radius 2 is 1.90 bits per heavy atom. The highest BCUT2D eigenvalue weighted by Gasteiger charge is 2.66. The van der Waals surface area contributed by atoms with E-state index in [9.17, 15) is 34.8 Å². The summed E-state index contributed by atoms with van der Waals surface area (Å²) in [6, 6.07) is 5.65. The zero-order chi connectivity index (χ0) is 29.9. The summed E-state index contributed by atoms with van der Waals surface area (Å²) in [5, 5.41) is 52.3. The molecule has 1 aromatic carbocycles. The lowest BCUT2D eigenvalue weighted by molar-refractivity contribution is -0.150. The molecule has 0 spiro atoms. The van der Waals surface area contributed by atoms with Crippen molar-refractivity contribution in [3.8, 4) is 5.75 Å². The van der Waals surface area contributed by atoms with Gasteiger partial charge in [0.25, 0.3) is 0 Å². The number of fused-ring (bicyclic) bond motifs is 3. The molecular weight excluding hydrogens is 528 g/mol. The second kappa shape index (κ2) is 10.1. The normalized spacial score (nSPS) is 27.5. The molecule has 6 N–H and O–H groups in total. The molecule has 1 aromatic heterocycles. The molecule has 0 radical (unpaired) electrons. The number of hydrogen-bond donors (Lipinski definition) is 6. The van der Waals surface area contributed by atoms with E-state index in [0.717, 1.165) is 12.5 Å². The van der Waals surface area contributed by atoms with Crippen molar-refractivity contribution >= 4 is 23.0 Å². The van der Waals surface area contributed by atoms with Gasteiger partial charge in [0.05, 0.1) is 17.3 Å². The van der Waals surface area contributed by atoms with E-state index in [1.54, 1.807) is 56.6 Å². The van der Waals surface area contributed by atoms with Crippen LogP contribution in [0.2, 0.25) is 0 Å². The van der Waals surface area contributed by atoms with Crippen LogP contribution in [0.5, 0.6) is 5.75 Å². The molecule has 0 fully saturated rings. The average molecular weight is 563 g/mol. The fourth-order valence-electron chi connectivity index (χ4n) is 6.92. The molecule has 0 unspecified atom stereocenters. The second-order valence-electron chi connectivity index (χ2n) is 11.4. The molecule has 3 aliphatic carbocycles. The Labute approximate surface area is 237 Å². The van der Waals surface area contributed by atoms with Gasteiger partial charge in [-0.05, 0) is 70.2 Å².